The van der Waals surface area contributed by atoms with E-state index in [0.29, 0.717) is 12.3 Å². The van der Waals surface area contributed by atoms with Crippen molar-refractivity contribution in [3.05, 3.63) is 54.1 Å². The van der Waals surface area contributed by atoms with Crippen LogP contribution in [-0.2, 0) is 11.3 Å². The van der Waals surface area contributed by atoms with Crippen LogP contribution in [0.3, 0.4) is 0 Å². The summed E-state index contributed by atoms with van der Waals surface area (Å²) in [7, 11) is 0. The van der Waals surface area contributed by atoms with E-state index in [1.54, 1.807) is 18.0 Å². The van der Waals surface area contributed by atoms with Gasteiger partial charge in [-0.05, 0) is 17.7 Å². The van der Waals surface area contributed by atoms with Crippen LogP contribution >= 0.6 is 23.1 Å². The van der Waals surface area contributed by atoms with Gasteiger partial charge in [0.15, 0.2) is 4.34 Å². The Balaban J connectivity index is 1.48. The summed E-state index contributed by atoms with van der Waals surface area (Å²) >= 11 is 2.83. The largest absolute Gasteiger partial charge is 0.351 e. The number of amides is 1. The zero-order valence-corrected chi connectivity index (χ0v) is 13.2. The van der Waals surface area contributed by atoms with Crippen LogP contribution < -0.4 is 5.32 Å². The van der Waals surface area contributed by atoms with E-state index in [1.165, 1.54) is 23.1 Å². The summed E-state index contributed by atoms with van der Waals surface area (Å²) in [6, 6.07) is 7.99. The molecule has 2 aromatic heterocycles. The molecule has 1 aromatic carbocycles. The third kappa shape index (κ3) is 3.92. The Labute approximate surface area is 135 Å². The van der Waals surface area contributed by atoms with Gasteiger partial charge in [0.1, 0.15) is 5.51 Å². The van der Waals surface area contributed by atoms with Crippen LogP contribution in [0.25, 0.3) is 5.69 Å². The van der Waals surface area contributed by atoms with E-state index in [2.05, 4.69) is 20.5 Å². The van der Waals surface area contributed by atoms with Crippen LogP contribution in [0.2, 0.25) is 0 Å². The first-order valence-electron chi connectivity index (χ1n) is 6.54. The molecule has 8 heteroatoms. The Morgan fingerprint density at radius 2 is 2.18 bits per heavy atom. The molecule has 0 bridgehead atoms. The average molecular weight is 331 g/mol. The van der Waals surface area contributed by atoms with Gasteiger partial charge in [0.2, 0.25) is 5.91 Å². The van der Waals surface area contributed by atoms with E-state index >= 15 is 0 Å². The highest BCUT2D eigenvalue weighted by Crippen LogP contribution is 2.18. The molecule has 0 spiro atoms. The van der Waals surface area contributed by atoms with Crippen molar-refractivity contribution in [2.75, 3.05) is 5.75 Å². The minimum atomic E-state index is -0.0149. The number of carbonyl (C=O) groups excluding carboxylic acids is 1. The normalized spacial score (nSPS) is 10.5. The molecule has 0 saturated carbocycles. The van der Waals surface area contributed by atoms with Gasteiger partial charge in [0.25, 0.3) is 0 Å². The molecule has 0 saturated heterocycles. The van der Waals surface area contributed by atoms with E-state index in [9.17, 15) is 4.79 Å². The Morgan fingerprint density at radius 1 is 1.32 bits per heavy atom. The molecule has 22 heavy (non-hydrogen) atoms. The van der Waals surface area contributed by atoms with Crippen molar-refractivity contribution >= 4 is 29.0 Å². The molecule has 0 fully saturated rings. The zero-order chi connectivity index (χ0) is 15.2. The first kappa shape index (κ1) is 14.7. The predicted molar refractivity (Wildman–Crippen MR) is 86.0 cm³/mol. The molecule has 0 aliphatic heterocycles. The third-order valence-corrected chi connectivity index (χ3v) is 4.76. The number of nitrogens with one attached hydrogen (secondary N) is 1. The lowest BCUT2D eigenvalue weighted by molar-refractivity contribution is -0.118. The quantitative estimate of drug-likeness (QED) is 0.701. The van der Waals surface area contributed by atoms with Crippen molar-refractivity contribution in [2.45, 2.75) is 10.9 Å². The molecule has 0 aliphatic rings. The fourth-order valence-electron chi connectivity index (χ4n) is 1.80. The van der Waals surface area contributed by atoms with Crippen LogP contribution in [0, 0.1) is 0 Å². The highest BCUT2D eigenvalue weighted by molar-refractivity contribution is 8.01. The molecule has 1 amide bonds. The minimum Gasteiger partial charge on any atom is -0.351 e. The van der Waals surface area contributed by atoms with Gasteiger partial charge in [-0.25, -0.2) is 4.98 Å². The van der Waals surface area contributed by atoms with Crippen molar-refractivity contribution in [3.63, 3.8) is 0 Å². The Kier molecular flexibility index (Phi) is 4.81. The van der Waals surface area contributed by atoms with E-state index < -0.39 is 0 Å². The number of aromatic nitrogens is 4. The molecule has 6 nitrogen and oxygen atoms in total. The maximum Gasteiger partial charge on any atom is 0.230 e. The number of benzene rings is 1. The summed E-state index contributed by atoms with van der Waals surface area (Å²) in [4.78, 5) is 15.8. The maximum atomic E-state index is 11.8. The number of hydrogen-bond donors (Lipinski definition) is 1. The third-order valence-electron chi connectivity index (χ3n) is 2.90. The Bertz CT molecular complexity index is 710. The number of carbonyl (C=O) groups is 1. The van der Waals surface area contributed by atoms with Crippen LogP contribution in [0.15, 0.2) is 52.8 Å². The molecule has 112 valence electrons. The van der Waals surface area contributed by atoms with E-state index in [-0.39, 0.29) is 5.91 Å². The lowest BCUT2D eigenvalue weighted by atomic mass is 10.2. The van der Waals surface area contributed by atoms with Gasteiger partial charge >= 0.3 is 0 Å². The summed E-state index contributed by atoms with van der Waals surface area (Å²) in [6.45, 7) is 0.514. The average Bonchev–Trinajstić information content (AvgIpc) is 3.24. The van der Waals surface area contributed by atoms with E-state index in [4.69, 9.17) is 0 Å². The first-order chi connectivity index (χ1) is 10.8. The topological polar surface area (TPSA) is 72.7 Å². The second-order valence-corrected chi connectivity index (χ2v) is 6.46. The highest BCUT2D eigenvalue weighted by Gasteiger charge is 2.05. The molecule has 0 unspecified atom stereocenters. The van der Waals surface area contributed by atoms with Crippen molar-refractivity contribution in [1.29, 1.82) is 0 Å². The van der Waals surface area contributed by atoms with Gasteiger partial charge in [-0.3, -0.25) is 4.79 Å². The summed E-state index contributed by atoms with van der Waals surface area (Å²) in [6.07, 6.45) is 5.38. The standard InChI is InChI=1S/C14H13N5OS2/c20-13(8-21-14-18-17-10-22-14)16-7-11-1-3-12(4-2-11)19-6-5-15-9-19/h1-6,9-10H,7-8H2,(H,16,20). The maximum absolute atomic E-state index is 11.8. The van der Waals surface area contributed by atoms with Crippen molar-refractivity contribution in [2.24, 2.45) is 0 Å². The number of nitrogens with zero attached hydrogens (tertiary/aromatic N) is 4. The number of thioether (sulfide) groups is 1. The van der Waals surface area contributed by atoms with Crippen LogP contribution in [0.5, 0.6) is 0 Å². The molecule has 0 radical (unpaired) electrons. The number of rotatable bonds is 6. The Hall–Kier alpha value is -2.19. The van der Waals surface area contributed by atoms with Crippen LogP contribution in [0.4, 0.5) is 0 Å². The second kappa shape index (κ2) is 7.19. The smallest absolute Gasteiger partial charge is 0.230 e. The molecule has 0 atom stereocenters. The van der Waals surface area contributed by atoms with Crippen molar-refractivity contribution in [1.82, 2.24) is 25.1 Å². The SMILES string of the molecule is O=C(CSc1nncs1)NCc1ccc(-n2ccnc2)cc1. The monoisotopic (exact) mass is 331 g/mol. The molecule has 1 N–H and O–H groups in total. The minimum absolute atomic E-state index is 0.0149. The number of hydrogen-bond acceptors (Lipinski definition) is 6. The van der Waals surface area contributed by atoms with Crippen molar-refractivity contribution in [3.8, 4) is 5.69 Å². The molecule has 3 rings (SSSR count). The predicted octanol–water partition coefficient (Wildman–Crippen LogP) is 2.13. The summed E-state index contributed by atoms with van der Waals surface area (Å²) in [5.74, 6) is 0.335. The van der Waals surface area contributed by atoms with Gasteiger partial charge in [0.05, 0.1) is 12.1 Å². The zero-order valence-electron chi connectivity index (χ0n) is 11.5. The van der Waals surface area contributed by atoms with Crippen molar-refractivity contribution < 1.29 is 4.79 Å². The summed E-state index contributed by atoms with van der Waals surface area (Å²) in [5.41, 5.74) is 3.75. The van der Waals surface area contributed by atoms with Gasteiger partial charge in [-0.15, -0.1) is 10.2 Å². The molecule has 0 aliphatic carbocycles. The van der Waals surface area contributed by atoms with E-state index in [1.807, 2.05) is 35.0 Å². The van der Waals surface area contributed by atoms with Gasteiger partial charge in [-0.2, -0.15) is 0 Å². The van der Waals surface area contributed by atoms with Crippen LogP contribution in [0.1, 0.15) is 5.56 Å². The Morgan fingerprint density at radius 3 is 2.86 bits per heavy atom. The van der Waals surface area contributed by atoms with Gasteiger partial charge in [0, 0.05) is 24.6 Å². The first-order valence-corrected chi connectivity index (χ1v) is 8.41. The highest BCUT2D eigenvalue weighted by atomic mass is 32.2. The fraction of sp³-hybridized carbons (Fsp3) is 0.143. The lowest BCUT2D eigenvalue weighted by Crippen LogP contribution is -2.24. The lowest BCUT2D eigenvalue weighted by Gasteiger charge is -2.06. The van der Waals surface area contributed by atoms with Crippen LogP contribution in [-0.4, -0.2) is 31.4 Å². The molecule has 2 heterocycles. The second-order valence-electron chi connectivity index (χ2n) is 4.41. The van der Waals surface area contributed by atoms with Gasteiger partial charge in [-0.1, -0.05) is 35.2 Å². The number of imidazole rings is 1. The fourth-order valence-corrected chi connectivity index (χ4v) is 3.12. The summed E-state index contributed by atoms with van der Waals surface area (Å²) < 4.78 is 2.74. The van der Waals surface area contributed by atoms with E-state index in [0.717, 1.165) is 15.6 Å². The molecular formula is C14H13N5OS2. The molecular weight excluding hydrogens is 318 g/mol. The summed E-state index contributed by atoms with van der Waals surface area (Å²) in [5, 5.41) is 10.5. The molecule has 3 aromatic rings. The van der Waals surface area contributed by atoms with Gasteiger partial charge < -0.3 is 9.88 Å².